The average Bonchev–Trinajstić information content (AvgIpc) is 1.58. The summed E-state index contributed by atoms with van der Waals surface area (Å²) in [5.41, 5.74) is 25.4. The van der Waals surface area contributed by atoms with Crippen LogP contribution in [0.25, 0.3) is 223 Å². The molecule has 12 heteroatoms. The van der Waals surface area contributed by atoms with Crippen molar-refractivity contribution in [3.8, 4) is 125 Å². The lowest BCUT2D eigenvalue weighted by Crippen LogP contribution is -2.06. The van der Waals surface area contributed by atoms with Gasteiger partial charge in [-0.15, -0.1) is 0 Å². The van der Waals surface area contributed by atoms with Gasteiger partial charge in [0, 0.05) is 82.2 Å². The zero-order valence-corrected chi connectivity index (χ0v) is 66.7. The SMILES string of the molecule is Cc1cccc(-c2cccc(-n3c4ccc(-c5ccc6c(c5)c5ccccc5n6-c5nc(-c6ccccc6)nc(-c6ccccc6)n5)cc4c4c5ccccc5ccc43)c2)c1.c1ccc(-c2cc(-c3ccccc3)nc(-n3c4ccccc4c4cc(-c5ccc6c(c5)c5ccccc5n6-c5nc(-c6ccccc6)nc(-c6ccccc6)n5)ccc43)n2)cc1. The van der Waals surface area contributed by atoms with Crippen LogP contribution < -0.4 is 0 Å². The first-order chi connectivity index (χ1) is 60.9. The Labute approximate surface area is 707 Å². The predicted molar refractivity (Wildman–Crippen MR) is 504 cm³/mol. The second-order valence-electron chi connectivity index (χ2n) is 31.1. The summed E-state index contributed by atoms with van der Waals surface area (Å²) < 4.78 is 8.98. The van der Waals surface area contributed by atoms with Gasteiger partial charge in [0.1, 0.15) is 0 Å². The van der Waals surface area contributed by atoms with Gasteiger partial charge in [-0.2, -0.15) is 19.9 Å². The van der Waals surface area contributed by atoms with Crippen molar-refractivity contribution >= 4 is 98.0 Å². The van der Waals surface area contributed by atoms with Gasteiger partial charge in [0.15, 0.2) is 23.3 Å². The summed E-state index contributed by atoms with van der Waals surface area (Å²) in [6.07, 6.45) is 0. The summed E-state index contributed by atoms with van der Waals surface area (Å²) in [6, 6.07) is 147. The van der Waals surface area contributed by atoms with Gasteiger partial charge in [0.25, 0.3) is 0 Å². The highest BCUT2D eigenvalue weighted by Crippen LogP contribution is 2.44. The van der Waals surface area contributed by atoms with E-state index in [1.54, 1.807) is 0 Å². The average molecular weight is 1570 g/mol. The molecule has 24 aromatic rings. The monoisotopic (exact) mass is 1570 g/mol. The Balaban J connectivity index is 0.000000142. The van der Waals surface area contributed by atoms with Crippen LogP contribution in [0.4, 0.5) is 0 Å². The van der Waals surface area contributed by atoms with Gasteiger partial charge in [-0.3, -0.25) is 13.7 Å². The number of nitrogens with zero attached hydrogens (tertiary/aromatic N) is 12. The van der Waals surface area contributed by atoms with E-state index in [2.05, 4.69) is 286 Å². The minimum Gasteiger partial charge on any atom is -0.309 e. The summed E-state index contributed by atoms with van der Waals surface area (Å²) in [7, 11) is 0. The molecule has 0 aliphatic rings. The van der Waals surface area contributed by atoms with E-state index in [0.29, 0.717) is 41.1 Å². The molecule has 0 aliphatic heterocycles. The lowest BCUT2D eigenvalue weighted by Gasteiger charge is -2.12. The fourth-order valence-corrected chi connectivity index (χ4v) is 17.8. The molecule has 0 aliphatic carbocycles. The quantitative estimate of drug-likeness (QED) is 0.112. The Morgan fingerprint density at radius 2 is 0.472 bits per heavy atom. The first kappa shape index (κ1) is 71.6. The Kier molecular flexibility index (Phi) is 17.5. The van der Waals surface area contributed by atoms with Crippen LogP contribution in [0.3, 0.4) is 0 Å². The molecular weight excluding hydrogens is 1500 g/mol. The molecule has 12 nitrogen and oxygen atoms in total. The highest BCUT2D eigenvalue weighted by Gasteiger charge is 2.25. The van der Waals surface area contributed by atoms with Gasteiger partial charge in [-0.25, -0.2) is 19.9 Å². The molecule has 0 saturated heterocycles. The van der Waals surface area contributed by atoms with Gasteiger partial charge < -0.3 is 4.57 Å². The maximum atomic E-state index is 5.22. The number of aryl methyl sites for hydroxylation is 1. The van der Waals surface area contributed by atoms with Crippen molar-refractivity contribution in [2.24, 2.45) is 0 Å². The molecule has 7 aromatic heterocycles. The molecule has 7 heterocycles. The molecule has 0 spiro atoms. The Bertz CT molecular complexity index is 7830. The third kappa shape index (κ3) is 12.8. The van der Waals surface area contributed by atoms with E-state index in [1.807, 2.05) is 158 Å². The summed E-state index contributed by atoms with van der Waals surface area (Å²) >= 11 is 0. The lowest BCUT2D eigenvalue weighted by atomic mass is 9.99. The van der Waals surface area contributed by atoms with Gasteiger partial charge in [-0.1, -0.05) is 333 Å². The van der Waals surface area contributed by atoms with Crippen molar-refractivity contribution in [1.29, 1.82) is 0 Å². The third-order valence-electron chi connectivity index (χ3n) is 23.6. The van der Waals surface area contributed by atoms with Crippen LogP contribution in [0.15, 0.2) is 419 Å². The fraction of sp³-hybridized carbons (Fsp3) is 0.00901. The van der Waals surface area contributed by atoms with E-state index >= 15 is 0 Å². The van der Waals surface area contributed by atoms with E-state index in [1.165, 1.54) is 49.3 Å². The third-order valence-corrected chi connectivity index (χ3v) is 23.6. The Morgan fingerprint density at radius 1 is 0.171 bits per heavy atom. The molecule has 0 amide bonds. The molecule has 0 radical (unpaired) electrons. The molecular formula is C111H72N12. The zero-order chi connectivity index (χ0) is 81.4. The normalized spacial score (nSPS) is 11.6. The number of fused-ring (bicyclic) bond motifs is 14. The van der Waals surface area contributed by atoms with Crippen molar-refractivity contribution in [3.05, 3.63) is 424 Å². The largest absolute Gasteiger partial charge is 0.309 e. The van der Waals surface area contributed by atoms with Crippen LogP contribution in [0.2, 0.25) is 0 Å². The van der Waals surface area contributed by atoms with Crippen LogP contribution in [0.5, 0.6) is 0 Å². The molecule has 0 unspecified atom stereocenters. The smallest absolute Gasteiger partial charge is 0.238 e. The van der Waals surface area contributed by atoms with E-state index in [9.17, 15) is 0 Å². The molecule has 24 rings (SSSR count). The standard InChI is InChI=1S/C56H37N5.C55H35N7/c1-36-14-12-20-40(32-36)41-21-13-22-44(33-41)60-51-30-28-43(35-48(51)53-45-23-9-8-15-37(45)26-31-52(53)60)42-27-29-50-47(34-42)46-24-10-11-25-49(46)61(50)56-58-54(38-16-4-2-5-17-38)57-55(59-56)39-18-6-3-7-19-39;1-5-17-36(18-6-1)46-35-47(37-19-7-2-8-20-37)57-54(56-46)61-48-27-15-13-25-42(48)44-33-40(29-31-50(44)61)41-30-32-51-45(34-41)43-26-14-16-28-49(43)62(51)55-59-52(38-21-9-3-10-22-38)58-53(60-55)39-23-11-4-12-24-39/h2-35H,1H3;1-35H. The van der Waals surface area contributed by atoms with Gasteiger partial charge in [0.2, 0.25) is 17.8 Å². The highest BCUT2D eigenvalue weighted by molar-refractivity contribution is 6.22. The first-order valence-electron chi connectivity index (χ1n) is 41.4. The van der Waals surface area contributed by atoms with Crippen molar-refractivity contribution < 1.29 is 0 Å². The minimum atomic E-state index is 0.569. The number of hydrogen-bond acceptors (Lipinski definition) is 8. The Hall–Kier alpha value is -16.7. The van der Waals surface area contributed by atoms with E-state index < -0.39 is 0 Å². The molecule has 0 bridgehead atoms. The molecule has 17 aromatic carbocycles. The summed E-state index contributed by atoms with van der Waals surface area (Å²) in [5, 5.41) is 11.7. The molecule has 576 valence electrons. The van der Waals surface area contributed by atoms with Gasteiger partial charge in [0.05, 0.1) is 55.5 Å². The highest BCUT2D eigenvalue weighted by atomic mass is 15.2. The van der Waals surface area contributed by atoms with Crippen LogP contribution >= 0.6 is 0 Å². The number of aromatic nitrogens is 12. The van der Waals surface area contributed by atoms with E-state index in [4.69, 9.17) is 39.9 Å². The number of para-hydroxylation sites is 3. The van der Waals surface area contributed by atoms with Gasteiger partial charge in [-0.05, 0) is 142 Å². The topological polar surface area (TPSA) is 123 Å². The second-order valence-corrected chi connectivity index (χ2v) is 31.1. The summed E-state index contributed by atoms with van der Waals surface area (Å²) in [6.45, 7) is 2.15. The number of rotatable bonds is 13. The Morgan fingerprint density at radius 3 is 0.878 bits per heavy atom. The van der Waals surface area contributed by atoms with Crippen LogP contribution in [-0.2, 0) is 0 Å². The van der Waals surface area contributed by atoms with Crippen LogP contribution in [0.1, 0.15) is 5.56 Å². The molecule has 0 N–H and O–H groups in total. The van der Waals surface area contributed by atoms with Crippen molar-refractivity contribution in [2.75, 3.05) is 0 Å². The fourth-order valence-electron chi connectivity index (χ4n) is 17.8. The summed E-state index contributed by atoms with van der Waals surface area (Å²) in [5.74, 6) is 4.29. The molecule has 123 heavy (non-hydrogen) atoms. The van der Waals surface area contributed by atoms with E-state index in [0.717, 1.165) is 138 Å². The predicted octanol–water partition coefficient (Wildman–Crippen LogP) is 27.4. The van der Waals surface area contributed by atoms with Crippen LogP contribution in [-0.4, -0.2) is 58.1 Å². The van der Waals surface area contributed by atoms with Crippen LogP contribution in [0, 0.1) is 6.92 Å². The second kappa shape index (κ2) is 30.0. The first-order valence-corrected chi connectivity index (χ1v) is 41.4. The van der Waals surface area contributed by atoms with Gasteiger partial charge >= 0.3 is 0 Å². The summed E-state index contributed by atoms with van der Waals surface area (Å²) in [4.78, 5) is 40.9. The number of hydrogen-bond donors (Lipinski definition) is 0. The van der Waals surface area contributed by atoms with Crippen molar-refractivity contribution in [3.63, 3.8) is 0 Å². The molecule has 0 fully saturated rings. The number of benzene rings is 17. The molecule has 0 saturated carbocycles. The van der Waals surface area contributed by atoms with Crippen molar-refractivity contribution in [2.45, 2.75) is 6.92 Å². The lowest BCUT2D eigenvalue weighted by molar-refractivity contribution is 0.953. The zero-order valence-electron chi connectivity index (χ0n) is 66.7. The van der Waals surface area contributed by atoms with E-state index in [-0.39, 0.29) is 0 Å². The van der Waals surface area contributed by atoms with Crippen molar-refractivity contribution in [1.82, 2.24) is 58.1 Å². The molecule has 0 atom stereocenters. The maximum Gasteiger partial charge on any atom is 0.238 e. The minimum absolute atomic E-state index is 0.569. The maximum absolute atomic E-state index is 5.22.